The average molecular weight is 394 g/mol. The van der Waals surface area contributed by atoms with Gasteiger partial charge in [-0.25, -0.2) is 0 Å². The minimum absolute atomic E-state index is 0.0408. The van der Waals surface area contributed by atoms with Gasteiger partial charge in [-0.1, -0.05) is 59.6 Å². The highest BCUT2D eigenvalue weighted by atomic mass is 35.5. The number of hydrogen-bond acceptors (Lipinski definition) is 1. The minimum Gasteiger partial charge on any atom is -0.322 e. The molecule has 0 saturated carbocycles. The predicted octanol–water partition coefficient (Wildman–Crippen LogP) is 1.22. The zero-order valence-corrected chi connectivity index (χ0v) is 16.5. The van der Waals surface area contributed by atoms with E-state index >= 15 is 0 Å². The maximum atomic E-state index is 12.4. The van der Waals surface area contributed by atoms with Gasteiger partial charge >= 0.3 is 0 Å². The van der Waals surface area contributed by atoms with Crippen molar-refractivity contribution in [3.63, 3.8) is 0 Å². The number of hydrogen-bond donors (Lipinski definition) is 3. The number of rotatable bonds is 5. The van der Waals surface area contributed by atoms with E-state index < -0.39 is 0 Å². The average Bonchev–Trinajstić information content (AvgIpc) is 2.64. The molecule has 1 aliphatic rings. The van der Waals surface area contributed by atoms with Crippen molar-refractivity contribution in [1.29, 1.82) is 0 Å². The molecular formula is C20H25Cl2N3O+2. The minimum atomic E-state index is -0.0408. The van der Waals surface area contributed by atoms with E-state index in [1.165, 1.54) is 10.5 Å². The molecule has 3 N–H and O–H groups in total. The maximum Gasteiger partial charge on any atom is 0.279 e. The summed E-state index contributed by atoms with van der Waals surface area (Å²) in [5, 5.41) is 3.87. The van der Waals surface area contributed by atoms with Gasteiger partial charge < -0.3 is 15.1 Å². The van der Waals surface area contributed by atoms with Crippen molar-refractivity contribution < 1.29 is 14.6 Å². The van der Waals surface area contributed by atoms with Crippen LogP contribution in [-0.4, -0.2) is 38.6 Å². The molecule has 3 rings (SSSR count). The van der Waals surface area contributed by atoms with E-state index in [-0.39, 0.29) is 5.91 Å². The third-order valence-corrected chi connectivity index (χ3v) is 5.72. The van der Waals surface area contributed by atoms with Gasteiger partial charge in [-0.05, 0) is 18.6 Å². The van der Waals surface area contributed by atoms with Gasteiger partial charge in [0.2, 0.25) is 0 Å². The molecule has 1 saturated heterocycles. The number of piperazine rings is 1. The van der Waals surface area contributed by atoms with Crippen LogP contribution in [0.25, 0.3) is 0 Å². The number of aryl methyl sites for hydroxylation is 1. The van der Waals surface area contributed by atoms with Gasteiger partial charge in [0.15, 0.2) is 6.54 Å². The van der Waals surface area contributed by atoms with Gasteiger partial charge in [-0.2, -0.15) is 0 Å². The van der Waals surface area contributed by atoms with Crippen LogP contribution < -0.4 is 15.1 Å². The lowest BCUT2D eigenvalue weighted by atomic mass is 10.2. The monoisotopic (exact) mass is 393 g/mol. The first-order valence-electron chi connectivity index (χ1n) is 8.98. The van der Waals surface area contributed by atoms with Crippen LogP contribution in [-0.2, 0) is 11.3 Å². The topological polar surface area (TPSA) is 38.0 Å². The number of carbonyl (C=O) groups is 1. The van der Waals surface area contributed by atoms with Crippen molar-refractivity contribution in [2.75, 3.05) is 38.0 Å². The summed E-state index contributed by atoms with van der Waals surface area (Å²) in [5.41, 5.74) is 2.79. The second-order valence-electron chi connectivity index (χ2n) is 6.94. The molecule has 0 aliphatic carbocycles. The Morgan fingerprint density at radius 3 is 2.35 bits per heavy atom. The first-order valence-corrected chi connectivity index (χ1v) is 9.74. The van der Waals surface area contributed by atoms with Crippen molar-refractivity contribution in [2.45, 2.75) is 13.5 Å². The molecule has 0 spiro atoms. The number of quaternary nitrogens is 2. The summed E-state index contributed by atoms with van der Waals surface area (Å²) in [6.45, 7) is 7.52. The summed E-state index contributed by atoms with van der Waals surface area (Å²) in [5.74, 6) is -0.0408. The Labute approximate surface area is 164 Å². The molecule has 1 heterocycles. The third-order valence-electron chi connectivity index (χ3n) is 4.92. The molecule has 138 valence electrons. The third kappa shape index (κ3) is 4.98. The lowest BCUT2D eigenvalue weighted by Crippen LogP contribution is -3.28. The molecule has 26 heavy (non-hydrogen) atoms. The standard InChI is InChI=1S/C20H23Cl2N3O/c1-15-7-8-17(21)20(19(15)22)23-18(26)14-25-11-9-24(10-12-25)13-16-5-3-2-4-6-16/h2-8H,9-14H2,1H3,(H,23,26)/p+2. The van der Waals surface area contributed by atoms with Crippen LogP contribution in [0.2, 0.25) is 10.0 Å². The Kier molecular flexibility index (Phi) is 6.54. The molecule has 0 radical (unpaired) electrons. The maximum absolute atomic E-state index is 12.4. The molecule has 1 amide bonds. The quantitative estimate of drug-likeness (QED) is 0.701. The first kappa shape index (κ1) is 19.2. The van der Waals surface area contributed by atoms with Crippen LogP contribution in [0.3, 0.4) is 0 Å². The van der Waals surface area contributed by atoms with Gasteiger partial charge in [-0.15, -0.1) is 0 Å². The van der Waals surface area contributed by atoms with E-state index in [4.69, 9.17) is 23.2 Å². The number of nitrogens with one attached hydrogen (secondary N) is 3. The molecule has 1 fully saturated rings. The first-order chi connectivity index (χ1) is 12.5. The Balaban J connectivity index is 1.49. The van der Waals surface area contributed by atoms with E-state index in [0.29, 0.717) is 22.3 Å². The van der Waals surface area contributed by atoms with Crippen LogP contribution in [0.4, 0.5) is 5.69 Å². The molecule has 6 heteroatoms. The molecule has 0 aromatic heterocycles. The largest absolute Gasteiger partial charge is 0.322 e. The van der Waals surface area contributed by atoms with Crippen molar-refractivity contribution in [1.82, 2.24) is 0 Å². The number of halogens is 2. The zero-order chi connectivity index (χ0) is 18.5. The Morgan fingerprint density at radius 1 is 1.00 bits per heavy atom. The van der Waals surface area contributed by atoms with Gasteiger partial charge in [-0.3, -0.25) is 4.79 Å². The highest BCUT2D eigenvalue weighted by molar-refractivity contribution is 6.40. The lowest BCUT2D eigenvalue weighted by molar-refractivity contribution is -1.02. The van der Waals surface area contributed by atoms with Crippen molar-refractivity contribution in [3.8, 4) is 0 Å². The Hall–Kier alpha value is -1.59. The van der Waals surface area contributed by atoms with E-state index in [2.05, 4.69) is 29.6 Å². The fraction of sp³-hybridized carbons (Fsp3) is 0.350. The van der Waals surface area contributed by atoms with Crippen molar-refractivity contribution in [3.05, 3.63) is 63.6 Å². The second-order valence-corrected chi connectivity index (χ2v) is 7.73. The summed E-state index contributed by atoms with van der Waals surface area (Å²) in [6, 6.07) is 14.2. The SMILES string of the molecule is Cc1ccc(Cl)c(NC(=O)C[NH+]2CC[NH+](Cc3ccccc3)CC2)c1Cl. The van der Waals surface area contributed by atoms with Crippen LogP contribution in [0, 0.1) is 6.92 Å². The molecule has 0 unspecified atom stereocenters. The van der Waals surface area contributed by atoms with Crippen LogP contribution in [0.1, 0.15) is 11.1 Å². The van der Waals surface area contributed by atoms with E-state index in [9.17, 15) is 4.79 Å². The Morgan fingerprint density at radius 2 is 1.65 bits per heavy atom. The summed E-state index contributed by atoms with van der Waals surface area (Å²) in [6.07, 6.45) is 0. The normalized spacial score (nSPS) is 20.0. The zero-order valence-electron chi connectivity index (χ0n) is 14.9. The molecule has 2 aromatic rings. The summed E-state index contributed by atoms with van der Waals surface area (Å²) >= 11 is 12.4. The van der Waals surface area contributed by atoms with Gasteiger partial charge in [0.1, 0.15) is 32.7 Å². The number of anilines is 1. The van der Waals surface area contributed by atoms with Gasteiger partial charge in [0.05, 0.1) is 15.7 Å². The molecule has 1 aliphatic heterocycles. The molecule has 2 aromatic carbocycles. The van der Waals surface area contributed by atoms with E-state index in [1.807, 2.05) is 19.1 Å². The van der Waals surface area contributed by atoms with E-state index in [0.717, 1.165) is 38.3 Å². The summed E-state index contributed by atoms with van der Waals surface area (Å²) in [4.78, 5) is 15.3. The summed E-state index contributed by atoms with van der Waals surface area (Å²) < 4.78 is 0. The smallest absolute Gasteiger partial charge is 0.279 e. The predicted molar refractivity (Wildman–Crippen MR) is 106 cm³/mol. The Bertz CT molecular complexity index is 759. The highest BCUT2D eigenvalue weighted by Crippen LogP contribution is 2.32. The number of benzene rings is 2. The van der Waals surface area contributed by atoms with Crippen LogP contribution >= 0.6 is 23.2 Å². The lowest BCUT2D eigenvalue weighted by Gasteiger charge is -2.29. The van der Waals surface area contributed by atoms with Crippen LogP contribution in [0.15, 0.2) is 42.5 Å². The summed E-state index contributed by atoms with van der Waals surface area (Å²) in [7, 11) is 0. The number of carbonyl (C=O) groups excluding carboxylic acids is 1. The fourth-order valence-electron chi connectivity index (χ4n) is 3.38. The van der Waals surface area contributed by atoms with Crippen LogP contribution in [0.5, 0.6) is 0 Å². The molecule has 0 atom stereocenters. The second kappa shape index (κ2) is 8.87. The molecule has 4 nitrogen and oxygen atoms in total. The molecular weight excluding hydrogens is 369 g/mol. The van der Waals surface area contributed by atoms with Gasteiger partial charge in [0.25, 0.3) is 5.91 Å². The van der Waals surface area contributed by atoms with Crippen molar-refractivity contribution >= 4 is 34.8 Å². The van der Waals surface area contributed by atoms with E-state index in [1.54, 1.807) is 11.0 Å². The molecule has 0 bridgehead atoms. The highest BCUT2D eigenvalue weighted by Gasteiger charge is 2.25. The van der Waals surface area contributed by atoms with Crippen molar-refractivity contribution in [2.24, 2.45) is 0 Å². The fourth-order valence-corrected chi connectivity index (χ4v) is 3.84. The number of amides is 1. The van der Waals surface area contributed by atoms with Gasteiger partial charge in [0, 0.05) is 5.56 Å².